The molecule has 2 aliphatic rings. The van der Waals surface area contributed by atoms with Gasteiger partial charge >= 0.3 is 0 Å². The molecule has 8 nitrogen and oxygen atoms in total. The van der Waals surface area contributed by atoms with Gasteiger partial charge in [0.15, 0.2) is 0 Å². The van der Waals surface area contributed by atoms with Gasteiger partial charge in [-0.1, -0.05) is 23.7 Å². The summed E-state index contributed by atoms with van der Waals surface area (Å²) in [6, 6.07) is 11.4. The summed E-state index contributed by atoms with van der Waals surface area (Å²) in [5, 5.41) is 3.28. The van der Waals surface area contributed by atoms with Crippen LogP contribution in [0.1, 0.15) is 34.5 Å². The van der Waals surface area contributed by atoms with Crippen LogP contribution in [0.4, 0.5) is 11.4 Å². The van der Waals surface area contributed by atoms with Gasteiger partial charge in [0.05, 0.1) is 35.1 Å². The van der Waals surface area contributed by atoms with E-state index in [2.05, 4.69) is 29.0 Å². The van der Waals surface area contributed by atoms with Crippen molar-refractivity contribution in [2.45, 2.75) is 31.6 Å². The van der Waals surface area contributed by atoms with E-state index in [9.17, 15) is 13.2 Å². The number of sulfonamides is 1. The Morgan fingerprint density at radius 1 is 1.13 bits per heavy atom. The van der Waals surface area contributed by atoms with Crippen molar-refractivity contribution in [3.8, 4) is 0 Å². The molecule has 1 fully saturated rings. The lowest BCUT2D eigenvalue weighted by Crippen LogP contribution is -2.36. The lowest BCUT2D eigenvalue weighted by atomic mass is 10.0. The van der Waals surface area contributed by atoms with Gasteiger partial charge in [-0.2, -0.15) is 0 Å². The van der Waals surface area contributed by atoms with Crippen molar-refractivity contribution in [1.29, 1.82) is 0 Å². The highest BCUT2D eigenvalue weighted by Crippen LogP contribution is 2.36. The quantitative estimate of drug-likeness (QED) is 0.378. The molecule has 2 aromatic carbocycles. The highest BCUT2D eigenvalue weighted by molar-refractivity contribution is 7.92. The first-order chi connectivity index (χ1) is 18.6. The van der Waals surface area contributed by atoms with E-state index >= 15 is 0 Å². The van der Waals surface area contributed by atoms with Crippen LogP contribution in [0, 0.1) is 13.8 Å². The van der Waals surface area contributed by atoms with Crippen LogP contribution in [-0.2, 0) is 26.0 Å². The number of halogens is 1. The van der Waals surface area contributed by atoms with Crippen molar-refractivity contribution in [2.75, 3.05) is 49.5 Å². The van der Waals surface area contributed by atoms with Crippen molar-refractivity contribution in [3.63, 3.8) is 0 Å². The van der Waals surface area contributed by atoms with Crippen LogP contribution in [-0.4, -0.2) is 64.1 Å². The fraction of sp³-hybridized carbons (Fsp3) is 0.345. The predicted molar refractivity (Wildman–Crippen MR) is 156 cm³/mol. The number of H-pyrrole nitrogens is 1. The van der Waals surface area contributed by atoms with Crippen LogP contribution < -0.4 is 9.62 Å². The van der Waals surface area contributed by atoms with E-state index in [1.807, 2.05) is 6.08 Å². The van der Waals surface area contributed by atoms with Crippen LogP contribution in [0.5, 0.6) is 0 Å². The minimum Gasteiger partial charge on any atom is -0.379 e. The average Bonchev–Trinajstić information content (AvgIpc) is 3.38. The number of rotatable bonds is 8. The molecule has 5 rings (SSSR count). The molecule has 1 saturated heterocycles. The van der Waals surface area contributed by atoms with Crippen LogP contribution in [0.25, 0.3) is 11.6 Å². The number of nitrogens with one attached hydrogen (secondary N) is 2. The Labute approximate surface area is 234 Å². The number of carbonyl (C=O) groups is 1. The average molecular weight is 569 g/mol. The van der Waals surface area contributed by atoms with Gasteiger partial charge in [0.1, 0.15) is 0 Å². The van der Waals surface area contributed by atoms with Crippen molar-refractivity contribution in [1.82, 2.24) is 9.88 Å². The molecule has 206 valence electrons. The molecule has 0 bridgehead atoms. The molecule has 0 unspecified atom stereocenters. The zero-order valence-electron chi connectivity index (χ0n) is 22.4. The number of hydrogen-bond acceptors (Lipinski definition) is 5. The van der Waals surface area contributed by atoms with Crippen molar-refractivity contribution >= 4 is 50.6 Å². The molecule has 0 saturated carbocycles. The third-order valence-electron chi connectivity index (χ3n) is 7.53. The van der Waals surface area contributed by atoms with Gasteiger partial charge in [0.2, 0.25) is 0 Å². The molecule has 2 aliphatic heterocycles. The second-order valence-electron chi connectivity index (χ2n) is 10.00. The van der Waals surface area contributed by atoms with Gasteiger partial charge in [-0.25, -0.2) is 8.42 Å². The summed E-state index contributed by atoms with van der Waals surface area (Å²) in [5.74, 6) is -0.261. The van der Waals surface area contributed by atoms with Gasteiger partial charge in [-0.15, -0.1) is 0 Å². The highest BCUT2D eigenvalue weighted by atomic mass is 35.5. The normalized spacial score (nSPS) is 16.9. The number of amides is 1. The molecule has 0 spiro atoms. The molecule has 39 heavy (non-hydrogen) atoms. The Hall–Kier alpha value is -3.11. The number of morpholine rings is 1. The van der Waals surface area contributed by atoms with E-state index in [0.29, 0.717) is 27.5 Å². The second-order valence-corrected chi connectivity index (χ2v) is 12.4. The zero-order valence-corrected chi connectivity index (χ0v) is 24.0. The van der Waals surface area contributed by atoms with Crippen LogP contribution in [0.3, 0.4) is 0 Å². The van der Waals surface area contributed by atoms with Crippen molar-refractivity contribution < 1.29 is 17.9 Å². The fourth-order valence-electron chi connectivity index (χ4n) is 5.23. The van der Waals surface area contributed by atoms with E-state index in [0.717, 1.165) is 62.6 Å². The summed E-state index contributed by atoms with van der Waals surface area (Å²) in [6.07, 6.45) is 3.87. The standard InChI is InChI=1S/C29H33ClN4O4S/c1-19-24(8-5-11-34-12-14-38-15-13-34)20(2)31-27(19)18-26-25-10-9-23(17-28(25)32-29(26)35)39(36,37)33(3)22-7-4-6-21(30)16-22/h4,6-7,9-10,16-18,31H,5,8,11-15H2,1-3H3,(H,32,35)/b26-18+. The van der Waals surface area contributed by atoms with Crippen LogP contribution >= 0.6 is 11.6 Å². The molecule has 0 aliphatic carbocycles. The Morgan fingerprint density at radius 2 is 1.90 bits per heavy atom. The summed E-state index contributed by atoms with van der Waals surface area (Å²) < 4.78 is 33.2. The summed E-state index contributed by atoms with van der Waals surface area (Å²) in [5.41, 5.74) is 6.50. The molecule has 1 amide bonds. The maximum absolute atomic E-state index is 13.3. The number of aryl methyl sites for hydroxylation is 1. The Bertz CT molecular complexity index is 1540. The molecule has 10 heteroatoms. The molecule has 0 radical (unpaired) electrons. The van der Waals surface area contributed by atoms with Gasteiger partial charge in [0, 0.05) is 42.1 Å². The summed E-state index contributed by atoms with van der Waals surface area (Å²) in [4.78, 5) is 18.9. The van der Waals surface area contributed by atoms with Gasteiger partial charge in [-0.05, 0) is 80.8 Å². The van der Waals surface area contributed by atoms with Crippen LogP contribution in [0.2, 0.25) is 5.02 Å². The number of ether oxygens (including phenoxy) is 1. The third-order valence-corrected chi connectivity index (χ3v) is 9.55. The maximum Gasteiger partial charge on any atom is 0.264 e. The van der Waals surface area contributed by atoms with E-state index in [4.69, 9.17) is 16.3 Å². The van der Waals surface area contributed by atoms with Crippen molar-refractivity contribution in [3.05, 3.63) is 75.6 Å². The van der Waals surface area contributed by atoms with Gasteiger partial charge < -0.3 is 15.0 Å². The lowest BCUT2D eigenvalue weighted by Gasteiger charge is -2.26. The lowest BCUT2D eigenvalue weighted by molar-refractivity contribution is -0.110. The smallest absolute Gasteiger partial charge is 0.264 e. The second kappa shape index (κ2) is 11.2. The molecular formula is C29H33ClN4O4S. The molecule has 3 aromatic rings. The van der Waals surface area contributed by atoms with E-state index in [1.54, 1.807) is 30.3 Å². The Balaban J connectivity index is 1.36. The topological polar surface area (TPSA) is 94.7 Å². The largest absolute Gasteiger partial charge is 0.379 e. The fourth-order valence-corrected chi connectivity index (χ4v) is 6.63. The predicted octanol–water partition coefficient (Wildman–Crippen LogP) is 4.87. The number of aromatic amines is 1. The number of nitrogens with zero attached hydrogens (tertiary/aromatic N) is 2. The number of anilines is 2. The Morgan fingerprint density at radius 3 is 2.64 bits per heavy atom. The van der Waals surface area contributed by atoms with E-state index in [1.165, 1.54) is 29.0 Å². The number of fused-ring (bicyclic) bond motifs is 1. The molecule has 1 aromatic heterocycles. The first kappa shape index (κ1) is 27.5. The first-order valence-corrected chi connectivity index (χ1v) is 14.9. The monoisotopic (exact) mass is 568 g/mol. The number of hydrogen-bond donors (Lipinski definition) is 2. The molecule has 3 heterocycles. The number of carbonyl (C=O) groups excluding carboxylic acids is 1. The molecular weight excluding hydrogens is 536 g/mol. The number of benzene rings is 2. The molecule has 0 atom stereocenters. The van der Waals surface area contributed by atoms with Gasteiger partial charge in [-0.3, -0.25) is 14.0 Å². The molecule has 2 N–H and O–H groups in total. The zero-order chi connectivity index (χ0) is 27.7. The first-order valence-electron chi connectivity index (χ1n) is 13.1. The van der Waals surface area contributed by atoms with Crippen LogP contribution in [0.15, 0.2) is 47.4 Å². The number of aromatic nitrogens is 1. The minimum absolute atomic E-state index is 0.0831. The van der Waals surface area contributed by atoms with E-state index in [-0.39, 0.29) is 10.8 Å². The highest BCUT2D eigenvalue weighted by Gasteiger charge is 2.29. The van der Waals surface area contributed by atoms with Gasteiger partial charge in [0.25, 0.3) is 15.9 Å². The van der Waals surface area contributed by atoms with E-state index < -0.39 is 10.0 Å². The third kappa shape index (κ3) is 5.63. The summed E-state index contributed by atoms with van der Waals surface area (Å²) >= 11 is 6.06. The SMILES string of the molecule is Cc1[nH]c(/C=C2/C(=O)Nc3cc(S(=O)(=O)N(C)c4cccc(Cl)c4)ccc32)c(C)c1CCCN1CCOCC1. The summed E-state index contributed by atoms with van der Waals surface area (Å²) in [6.45, 7) is 8.75. The Kier molecular flexibility index (Phi) is 7.87. The minimum atomic E-state index is -3.86. The summed E-state index contributed by atoms with van der Waals surface area (Å²) in [7, 11) is -2.38. The maximum atomic E-state index is 13.3. The van der Waals surface area contributed by atoms with Crippen molar-refractivity contribution in [2.24, 2.45) is 0 Å².